The third kappa shape index (κ3) is 3.78. The van der Waals surface area contributed by atoms with Crippen LogP contribution in [0.5, 0.6) is 17.2 Å². The van der Waals surface area contributed by atoms with Crippen molar-refractivity contribution in [3.8, 4) is 17.2 Å². The fourth-order valence-corrected chi connectivity index (χ4v) is 3.01. The molecule has 1 aromatic rings. The van der Waals surface area contributed by atoms with Crippen LogP contribution in [0.25, 0.3) is 6.08 Å². The molecule has 5 nitrogen and oxygen atoms in total. The fourth-order valence-electron chi connectivity index (χ4n) is 3.01. The summed E-state index contributed by atoms with van der Waals surface area (Å²) in [7, 11) is 6.58. The number of likely N-dealkylation sites (N-methyl/N-ethyl adjacent to an activating group) is 1. The lowest BCUT2D eigenvalue weighted by molar-refractivity contribution is -0.126. The van der Waals surface area contributed by atoms with Crippen LogP contribution in [-0.4, -0.2) is 45.2 Å². The molecule has 0 N–H and O–H groups in total. The maximum absolute atomic E-state index is 12.3. The van der Waals surface area contributed by atoms with Gasteiger partial charge in [0.1, 0.15) is 0 Å². The van der Waals surface area contributed by atoms with Crippen molar-refractivity contribution in [3.05, 3.63) is 23.8 Å². The summed E-state index contributed by atoms with van der Waals surface area (Å²) in [6.07, 6.45) is 7.94. The first kappa shape index (κ1) is 17.2. The van der Waals surface area contributed by atoms with E-state index in [0.717, 1.165) is 18.4 Å². The summed E-state index contributed by atoms with van der Waals surface area (Å²) in [5.41, 5.74) is 0.776. The summed E-state index contributed by atoms with van der Waals surface area (Å²) < 4.78 is 16.0. The van der Waals surface area contributed by atoms with Crippen LogP contribution in [0.15, 0.2) is 18.2 Å². The summed E-state index contributed by atoms with van der Waals surface area (Å²) >= 11 is 0. The van der Waals surface area contributed by atoms with Crippen molar-refractivity contribution in [1.82, 2.24) is 4.90 Å². The van der Waals surface area contributed by atoms with Crippen molar-refractivity contribution >= 4 is 12.0 Å². The van der Waals surface area contributed by atoms with Gasteiger partial charge in [-0.3, -0.25) is 4.79 Å². The summed E-state index contributed by atoms with van der Waals surface area (Å²) in [6, 6.07) is 4.01. The third-order valence-corrected chi connectivity index (χ3v) is 4.36. The molecule has 1 aliphatic carbocycles. The van der Waals surface area contributed by atoms with Gasteiger partial charge in [0, 0.05) is 24.7 Å². The molecule has 0 saturated heterocycles. The molecule has 2 rings (SSSR count). The average molecular weight is 319 g/mol. The summed E-state index contributed by atoms with van der Waals surface area (Å²) in [5, 5.41) is 0. The molecular formula is C18H25NO4. The van der Waals surface area contributed by atoms with Crippen molar-refractivity contribution in [2.45, 2.75) is 31.7 Å². The van der Waals surface area contributed by atoms with Gasteiger partial charge in [0.05, 0.1) is 21.3 Å². The smallest absolute Gasteiger partial charge is 0.246 e. The van der Waals surface area contributed by atoms with Crippen LogP contribution in [0.4, 0.5) is 0 Å². The quantitative estimate of drug-likeness (QED) is 0.756. The second-order valence-corrected chi connectivity index (χ2v) is 5.64. The molecule has 0 aromatic heterocycles. The first-order valence-corrected chi connectivity index (χ1v) is 7.86. The van der Waals surface area contributed by atoms with Crippen molar-refractivity contribution in [3.63, 3.8) is 0 Å². The lowest BCUT2D eigenvalue weighted by atomic mass is 10.1. The van der Waals surface area contributed by atoms with Gasteiger partial charge >= 0.3 is 0 Å². The van der Waals surface area contributed by atoms with E-state index >= 15 is 0 Å². The van der Waals surface area contributed by atoms with Crippen LogP contribution in [0, 0.1) is 0 Å². The number of carbonyl (C=O) groups is 1. The molecule has 1 saturated carbocycles. The minimum atomic E-state index is 0.00809. The second-order valence-electron chi connectivity index (χ2n) is 5.64. The Bertz CT molecular complexity index is 577. The van der Waals surface area contributed by atoms with Gasteiger partial charge < -0.3 is 19.1 Å². The molecule has 1 fully saturated rings. The van der Waals surface area contributed by atoms with Gasteiger partial charge in [-0.05, 0) is 31.1 Å². The Morgan fingerprint density at radius 1 is 1.09 bits per heavy atom. The normalized spacial score (nSPS) is 15.0. The summed E-state index contributed by atoms with van der Waals surface area (Å²) in [4.78, 5) is 14.2. The number of methoxy groups -OCH3 is 3. The molecule has 5 heteroatoms. The van der Waals surface area contributed by atoms with Crippen LogP contribution in [-0.2, 0) is 4.79 Å². The average Bonchev–Trinajstić information content (AvgIpc) is 3.12. The molecule has 0 atom stereocenters. The number of nitrogens with zero attached hydrogens (tertiary/aromatic N) is 1. The Morgan fingerprint density at radius 3 is 2.30 bits per heavy atom. The highest BCUT2D eigenvalue weighted by Crippen LogP contribution is 2.40. The number of hydrogen-bond acceptors (Lipinski definition) is 4. The molecule has 126 valence electrons. The Balaban J connectivity index is 2.19. The second kappa shape index (κ2) is 7.90. The molecule has 0 aliphatic heterocycles. The minimum Gasteiger partial charge on any atom is -0.493 e. The van der Waals surface area contributed by atoms with Crippen molar-refractivity contribution in [2.24, 2.45) is 0 Å². The van der Waals surface area contributed by atoms with Crippen molar-refractivity contribution < 1.29 is 19.0 Å². The highest BCUT2D eigenvalue weighted by Gasteiger charge is 2.22. The molecule has 1 amide bonds. The van der Waals surface area contributed by atoms with Gasteiger partial charge in [0.2, 0.25) is 11.7 Å². The fraction of sp³-hybridized carbons (Fsp3) is 0.500. The maximum atomic E-state index is 12.3. The number of amides is 1. The van der Waals surface area contributed by atoms with E-state index in [4.69, 9.17) is 14.2 Å². The van der Waals surface area contributed by atoms with E-state index in [1.54, 1.807) is 39.5 Å². The molecule has 1 aromatic carbocycles. The van der Waals surface area contributed by atoms with Gasteiger partial charge in [-0.25, -0.2) is 0 Å². The number of carbonyl (C=O) groups excluding carboxylic acids is 1. The predicted octanol–water partition coefficient (Wildman–Crippen LogP) is 3.13. The first-order chi connectivity index (χ1) is 11.1. The molecule has 23 heavy (non-hydrogen) atoms. The highest BCUT2D eigenvalue weighted by molar-refractivity contribution is 5.92. The summed E-state index contributed by atoms with van der Waals surface area (Å²) in [5.74, 6) is 1.68. The van der Waals surface area contributed by atoms with Gasteiger partial charge in [-0.1, -0.05) is 12.8 Å². The Labute approximate surface area is 137 Å². The number of ether oxygens (including phenoxy) is 3. The monoisotopic (exact) mass is 319 g/mol. The Morgan fingerprint density at radius 2 is 1.74 bits per heavy atom. The number of rotatable bonds is 6. The zero-order chi connectivity index (χ0) is 16.8. The maximum Gasteiger partial charge on any atom is 0.246 e. The highest BCUT2D eigenvalue weighted by atomic mass is 16.5. The Kier molecular flexibility index (Phi) is 5.90. The zero-order valence-corrected chi connectivity index (χ0v) is 14.3. The molecule has 1 aliphatic rings. The van der Waals surface area contributed by atoms with Gasteiger partial charge in [-0.2, -0.15) is 0 Å². The standard InChI is InChI=1S/C18H25NO4/c1-19(14-7-5-6-8-14)16(20)12-10-13-9-11-15(21-2)18(23-4)17(13)22-3/h9-12,14H,5-8H2,1-4H3/b12-10+. The van der Waals surface area contributed by atoms with E-state index < -0.39 is 0 Å². The zero-order valence-electron chi connectivity index (χ0n) is 14.3. The van der Waals surface area contributed by atoms with E-state index in [-0.39, 0.29) is 5.91 Å². The first-order valence-electron chi connectivity index (χ1n) is 7.86. The van der Waals surface area contributed by atoms with E-state index in [2.05, 4.69) is 0 Å². The number of benzene rings is 1. The van der Waals surface area contributed by atoms with Gasteiger partial charge in [0.25, 0.3) is 0 Å². The molecule has 0 heterocycles. The molecule has 0 radical (unpaired) electrons. The van der Waals surface area contributed by atoms with Crippen molar-refractivity contribution in [1.29, 1.82) is 0 Å². The topological polar surface area (TPSA) is 48.0 Å². The predicted molar refractivity (Wildman–Crippen MR) is 90.2 cm³/mol. The van der Waals surface area contributed by atoms with Gasteiger partial charge in [0.15, 0.2) is 11.5 Å². The molecule has 0 bridgehead atoms. The minimum absolute atomic E-state index is 0.00809. The van der Waals surface area contributed by atoms with E-state index in [9.17, 15) is 4.79 Å². The molecule has 0 unspecified atom stereocenters. The molecule has 0 spiro atoms. The lowest BCUT2D eigenvalue weighted by Crippen LogP contribution is -2.33. The third-order valence-electron chi connectivity index (χ3n) is 4.36. The summed E-state index contributed by atoms with van der Waals surface area (Å²) in [6.45, 7) is 0. The van der Waals surface area contributed by atoms with Crippen LogP contribution in [0.3, 0.4) is 0 Å². The lowest BCUT2D eigenvalue weighted by Gasteiger charge is -2.22. The van der Waals surface area contributed by atoms with Crippen LogP contribution < -0.4 is 14.2 Å². The van der Waals surface area contributed by atoms with E-state index in [1.807, 2.05) is 18.0 Å². The van der Waals surface area contributed by atoms with Crippen molar-refractivity contribution in [2.75, 3.05) is 28.4 Å². The van der Waals surface area contributed by atoms with Gasteiger partial charge in [-0.15, -0.1) is 0 Å². The van der Waals surface area contributed by atoms with Crippen LogP contribution in [0.1, 0.15) is 31.2 Å². The van der Waals surface area contributed by atoms with Crippen LogP contribution >= 0.6 is 0 Å². The Hall–Kier alpha value is -2.17. The van der Waals surface area contributed by atoms with Crippen LogP contribution in [0.2, 0.25) is 0 Å². The number of hydrogen-bond donors (Lipinski definition) is 0. The SMILES string of the molecule is COc1ccc(/C=C/C(=O)N(C)C2CCCC2)c(OC)c1OC. The molecular weight excluding hydrogens is 294 g/mol. The largest absolute Gasteiger partial charge is 0.493 e. The van der Waals surface area contributed by atoms with E-state index in [1.165, 1.54) is 12.8 Å². The van der Waals surface area contributed by atoms with E-state index in [0.29, 0.717) is 23.3 Å².